The van der Waals surface area contributed by atoms with E-state index in [4.69, 9.17) is 0 Å². The monoisotopic (exact) mass is 433 g/mol. The molecule has 1 aliphatic carbocycles. The molecule has 0 spiro atoms. The van der Waals surface area contributed by atoms with Crippen molar-refractivity contribution in [1.82, 2.24) is 10.2 Å². The van der Waals surface area contributed by atoms with Crippen molar-refractivity contribution in [2.45, 2.75) is 39.2 Å². The Hall–Kier alpha value is -3.48. The van der Waals surface area contributed by atoms with Crippen LogP contribution in [0.25, 0.3) is 0 Å². The number of para-hydroxylation sites is 1. The van der Waals surface area contributed by atoms with E-state index in [1.807, 2.05) is 31.2 Å². The Kier molecular flexibility index (Phi) is 6.35. The lowest BCUT2D eigenvalue weighted by atomic mass is 9.81. The van der Waals surface area contributed by atoms with Crippen LogP contribution in [-0.2, 0) is 20.9 Å². The quantitative estimate of drug-likeness (QED) is 0.685. The molecule has 0 aromatic heterocycles. The van der Waals surface area contributed by atoms with Crippen LogP contribution in [0.5, 0.6) is 0 Å². The highest BCUT2D eigenvalue weighted by molar-refractivity contribution is 6.10. The molecule has 7 nitrogen and oxygen atoms in total. The van der Waals surface area contributed by atoms with Gasteiger partial charge in [0.15, 0.2) is 0 Å². The summed E-state index contributed by atoms with van der Waals surface area (Å²) in [6, 6.07) is 14.5. The summed E-state index contributed by atoms with van der Waals surface area (Å²) in [7, 11) is 0. The van der Waals surface area contributed by atoms with Gasteiger partial charge in [-0.25, -0.2) is 0 Å². The average molecular weight is 434 g/mol. The first kappa shape index (κ1) is 21.7. The van der Waals surface area contributed by atoms with Crippen molar-refractivity contribution in [2.24, 2.45) is 11.8 Å². The molecule has 2 fully saturated rings. The van der Waals surface area contributed by atoms with E-state index in [0.29, 0.717) is 30.6 Å². The smallest absolute Gasteiger partial charge is 0.253 e. The molecular weight excluding hydrogens is 406 g/mol. The van der Waals surface area contributed by atoms with Crippen LogP contribution in [0.4, 0.5) is 5.69 Å². The predicted molar refractivity (Wildman–Crippen MR) is 120 cm³/mol. The van der Waals surface area contributed by atoms with Crippen molar-refractivity contribution in [2.75, 3.05) is 11.9 Å². The summed E-state index contributed by atoms with van der Waals surface area (Å²) in [6.45, 7) is 2.03. The molecule has 2 aromatic carbocycles. The molecule has 1 saturated carbocycles. The molecular formula is C25H27N3O4. The zero-order valence-electron chi connectivity index (χ0n) is 18.1. The van der Waals surface area contributed by atoms with Crippen molar-refractivity contribution in [3.05, 3.63) is 65.2 Å². The summed E-state index contributed by atoms with van der Waals surface area (Å²) in [6.07, 6.45) is 3.28. The van der Waals surface area contributed by atoms with Gasteiger partial charge in [0.05, 0.1) is 23.1 Å². The Morgan fingerprint density at radius 3 is 2.22 bits per heavy atom. The maximum absolute atomic E-state index is 12.7. The van der Waals surface area contributed by atoms with Crippen LogP contribution in [0.1, 0.15) is 47.2 Å². The van der Waals surface area contributed by atoms with Gasteiger partial charge in [0.2, 0.25) is 17.7 Å². The summed E-state index contributed by atoms with van der Waals surface area (Å²) in [5.74, 6) is -1.89. The average Bonchev–Trinajstić information content (AvgIpc) is 3.04. The molecule has 0 radical (unpaired) electrons. The van der Waals surface area contributed by atoms with Crippen LogP contribution in [0.3, 0.4) is 0 Å². The number of nitrogens with zero attached hydrogens (tertiary/aromatic N) is 1. The molecule has 0 bridgehead atoms. The summed E-state index contributed by atoms with van der Waals surface area (Å²) in [4.78, 5) is 51.7. The molecule has 2 aliphatic rings. The van der Waals surface area contributed by atoms with Gasteiger partial charge < -0.3 is 10.6 Å². The molecule has 32 heavy (non-hydrogen) atoms. The van der Waals surface area contributed by atoms with E-state index in [0.717, 1.165) is 28.9 Å². The largest absolute Gasteiger partial charge is 0.348 e. The van der Waals surface area contributed by atoms with E-state index in [9.17, 15) is 19.2 Å². The molecule has 7 heteroatoms. The van der Waals surface area contributed by atoms with Crippen LogP contribution >= 0.6 is 0 Å². The highest BCUT2D eigenvalue weighted by atomic mass is 16.2. The summed E-state index contributed by atoms with van der Waals surface area (Å²) in [5, 5.41) is 5.56. The number of imide groups is 1. The Morgan fingerprint density at radius 2 is 1.56 bits per heavy atom. The normalized spacial score (nSPS) is 20.1. The maximum atomic E-state index is 12.7. The lowest BCUT2D eigenvalue weighted by Crippen LogP contribution is -2.38. The number of likely N-dealkylation sites (tertiary alicyclic amines) is 1. The standard InChI is InChI=1S/C25H27N3O4/c1-16-10-12-17(13-11-16)14-26-23(30)20-8-4-5-9-21(20)27-22(29)15-28-24(31)18-6-2-3-7-19(18)25(28)32/h4-5,8-13,18-19H,2-3,6-7,14-15H2,1H3,(H,26,30)(H,27,29). The van der Waals surface area contributed by atoms with Crippen molar-refractivity contribution in [1.29, 1.82) is 0 Å². The number of hydrogen-bond donors (Lipinski definition) is 2. The molecule has 166 valence electrons. The Labute approximate surface area is 187 Å². The van der Waals surface area contributed by atoms with Crippen molar-refractivity contribution >= 4 is 29.3 Å². The highest BCUT2D eigenvalue weighted by Gasteiger charge is 2.48. The van der Waals surface area contributed by atoms with E-state index >= 15 is 0 Å². The molecule has 1 heterocycles. The number of anilines is 1. The number of benzene rings is 2. The molecule has 1 saturated heterocycles. The first-order chi connectivity index (χ1) is 15.4. The molecule has 2 unspecified atom stereocenters. The third kappa shape index (κ3) is 4.56. The minimum absolute atomic E-state index is 0.251. The van der Waals surface area contributed by atoms with Crippen molar-refractivity contribution < 1.29 is 19.2 Å². The second kappa shape index (κ2) is 9.34. The van der Waals surface area contributed by atoms with E-state index in [-0.39, 0.29) is 36.1 Å². The number of rotatable bonds is 6. The van der Waals surface area contributed by atoms with Crippen LogP contribution in [-0.4, -0.2) is 35.1 Å². The van der Waals surface area contributed by atoms with Gasteiger partial charge in [-0.2, -0.15) is 0 Å². The third-order valence-corrected chi connectivity index (χ3v) is 6.25. The molecule has 2 aromatic rings. The lowest BCUT2D eigenvalue weighted by molar-refractivity contribution is -0.142. The van der Waals surface area contributed by atoms with Crippen LogP contribution in [0.15, 0.2) is 48.5 Å². The van der Waals surface area contributed by atoms with E-state index < -0.39 is 5.91 Å². The van der Waals surface area contributed by atoms with E-state index in [2.05, 4.69) is 10.6 Å². The van der Waals surface area contributed by atoms with Gasteiger partial charge in [0.25, 0.3) is 5.91 Å². The summed E-state index contributed by atoms with van der Waals surface area (Å²) >= 11 is 0. The van der Waals surface area contributed by atoms with Crippen LogP contribution in [0, 0.1) is 18.8 Å². The highest BCUT2D eigenvalue weighted by Crippen LogP contribution is 2.37. The number of amides is 4. The Balaban J connectivity index is 1.39. The number of nitrogens with one attached hydrogen (secondary N) is 2. The predicted octanol–water partition coefficient (Wildman–Crippen LogP) is 3.04. The second-order valence-corrected chi connectivity index (χ2v) is 8.52. The van der Waals surface area contributed by atoms with Gasteiger partial charge >= 0.3 is 0 Å². The van der Waals surface area contributed by atoms with Crippen LogP contribution < -0.4 is 10.6 Å². The van der Waals surface area contributed by atoms with Gasteiger partial charge in [-0.05, 0) is 37.5 Å². The molecule has 4 amide bonds. The fraction of sp³-hybridized carbons (Fsp3) is 0.360. The van der Waals surface area contributed by atoms with E-state index in [1.165, 1.54) is 0 Å². The van der Waals surface area contributed by atoms with Gasteiger partial charge in [-0.1, -0.05) is 54.8 Å². The van der Waals surface area contributed by atoms with Gasteiger partial charge in [0, 0.05) is 6.54 Å². The first-order valence-electron chi connectivity index (χ1n) is 11.0. The molecule has 2 N–H and O–H groups in total. The van der Waals surface area contributed by atoms with Gasteiger partial charge in [-0.15, -0.1) is 0 Å². The number of aryl methyl sites for hydroxylation is 1. The SMILES string of the molecule is Cc1ccc(CNC(=O)c2ccccc2NC(=O)CN2C(=O)C3CCCCC3C2=O)cc1. The number of carbonyl (C=O) groups excluding carboxylic acids is 4. The molecule has 1 aliphatic heterocycles. The van der Waals surface area contributed by atoms with E-state index in [1.54, 1.807) is 24.3 Å². The number of fused-ring (bicyclic) bond motifs is 1. The minimum atomic E-state index is -0.496. The van der Waals surface area contributed by atoms with Crippen molar-refractivity contribution in [3.8, 4) is 0 Å². The topological polar surface area (TPSA) is 95.6 Å². The fourth-order valence-corrected chi connectivity index (χ4v) is 4.49. The minimum Gasteiger partial charge on any atom is -0.348 e. The molecule has 4 rings (SSSR count). The van der Waals surface area contributed by atoms with Crippen LogP contribution in [0.2, 0.25) is 0 Å². The summed E-state index contributed by atoms with van der Waals surface area (Å²) < 4.78 is 0. The second-order valence-electron chi connectivity index (χ2n) is 8.52. The zero-order chi connectivity index (χ0) is 22.7. The van der Waals surface area contributed by atoms with Gasteiger partial charge in [-0.3, -0.25) is 24.1 Å². The first-order valence-corrected chi connectivity index (χ1v) is 11.0. The number of hydrogen-bond acceptors (Lipinski definition) is 4. The lowest BCUT2D eigenvalue weighted by Gasteiger charge is -2.19. The Bertz CT molecular complexity index is 1020. The van der Waals surface area contributed by atoms with Crippen molar-refractivity contribution in [3.63, 3.8) is 0 Å². The van der Waals surface area contributed by atoms with Gasteiger partial charge in [0.1, 0.15) is 6.54 Å². The Morgan fingerprint density at radius 1 is 0.938 bits per heavy atom. The third-order valence-electron chi connectivity index (χ3n) is 6.25. The fourth-order valence-electron chi connectivity index (χ4n) is 4.49. The number of carbonyl (C=O) groups is 4. The molecule has 2 atom stereocenters. The maximum Gasteiger partial charge on any atom is 0.253 e. The zero-order valence-corrected chi connectivity index (χ0v) is 18.1. The summed E-state index contributed by atoms with van der Waals surface area (Å²) in [5.41, 5.74) is 2.77.